The molecule has 0 fully saturated rings. The molecule has 14 heavy (non-hydrogen) atoms. The molecule has 1 rings (SSSR count). The minimum atomic E-state index is -0.196. The van der Waals surface area contributed by atoms with E-state index in [1.807, 2.05) is 0 Å². The summed E-state index contributed by atoms with van der Waals surface area (Å²) in [5.74, 6) is -0.196. The van der Waals surface area contributed by atoms with Gasteiger partial charge in [-0.15, -0.1) is 5.10 Å². The molecule has 0 aliphatic rings. The minimum absolute atomic E-state index is 0.196. The largest absolute Gasteiger partial charge is 0.469 e. The molecule has 1 aromatic heterocycles. The number of hydrogen-bond donors (Lipinski definition) is 1. The summed E-state index contributed by atoms with van der Waals surface area (Å²) in [6.07, 6.45) is 3.82. The van der Waals surface area contributed by atoms with Crippen LogP contribution in [-0.4, -0.2) is 41.2 Å². The van der Waals surface area contributed by atoms with Crippen molar-refractivity contribution in [3.8, 4) is 0 Å². The fraction of sp³-hybridized carbons (Fsp3) is 0.625. The zero-order chi connectivity index (χ0) is 10.2. The van der Waals surface area contributed by atoms with Gasteiger partial charge in [0.25, 0.3) is 0 Å². The van der Waals surface area contributed by atoms with Crippen LogP contribution < -0.4 is 5.32 Å². The van der Waals surface area contributed by atoms with Gasteiger partial charge < -0.3 is 10.1 Å². The summed E-state index contributed by atoms with van der Waals surface area (Å²) in [6, 6.07) is 0. The first kappa shape index (κ1) is 10.6. The molecule has 1 N–H and O–H groups in total. The lowest BCUT2D eigenvalue weighted by Crippen LogP contribution is -2.23. The smallest absolute Gasteiger partial charge is 0.306 e. The molecule has 6 nitrogen and oxygen atoms in total. The zero-order valence-corrected chi connectivity index (χ0v) is 8.14. The number of nitrogens with zero attached hydrogens (tertiary/aromatic N) is 3. The maximum absolute atomic E-state index is 10.7. The molecule has 0 spiro atoms. The minimum Gasteiger partial charge on any atom is -0.469 e. The highest BCUT2D eigenvalue weighted by atomic mass is 16.5. The first-order valence-electron chi connectivity index (χ1n) is 4.44. The van der Waals surface area contributed by atoms with E-state index in [-0.39, 0.29) is 5.97 Å². The van der Waals surface area contributed by atoms with Crippen molar-refractivity contribution >= 4 is 5.97 Å². The van der Waals surface area contributed by atoms with Crippen molar-refractivity contribution in [1.29, 1.82) is 0 Å². The van der Waals surface area contributed by atoms with Crippen molar-refractivity contribution in [2.24, 2.45) is 0 Å². The molecule has 0 aliphatic carbocycles. The maximum Gasteiger partial charge on any atom is 0.306 e. The molecule has 78 valence electrons. The van der Waals surface area contributed by atoms with Crippen molar-refractivity contribution in [3.63, 3.8) is 0 Å². The molecule has 0 aromatic carbocycles. The first-order valence-corrected chi connectivity index (χ1v) is 4.44. The monoisotopic (exact) mass is 198 g/mol. The normalized spacial score (nSPS) is 10.1. The average molecular weight is 198 g/mol. The number of esters is 1. The molecule has 1 aromatic rings. The summed E-state index contributed by atoms with van der Waals surface area (Å²) in [4.78, 5) is 10.7. The number of aromatic nitrogens is 3. The summed E-state index contributed by atoms with van der Waals surface area (Å²) in [6.45, 7) is 2.14. The Balaban J connectivity index is 1.97. The second-order valence-electron chi connectivity index (χ2n) is 2.74. The SMILES string of the molecule is COC(=O)CCNCCn1ccnn1. The van der Waals surface area contributed by atoms with Crippen LogP contribution in [0.4, 0.5) is 0 Å². The lowest BCUT2D eigenvalue weighted by molar-refractivity contribution is -0.140. The van der Waals surface area contributed by atoms with Gasteiger partial charge in [0.05, 0.1) is 26.3 Å². The average Bonchev–Trinajstić information content (AvgIpc) is 2.69. The number of ether oxygens (including phenoxy) is 1. The van der Waals surface area contributed by atoms with Crippen molar-refractivity contribution in [2.75, 3.05) is 20.2 Å². The summed E-state index contributed by atoms with van der Waals surface area (Å²) < 4.78 is 6.22. The van der Waals surface area contributed by atoms with E-state index in [0.717, 1.165) is 13.1 Å². The van der Waals surface area contributed by atoms with Gasteiger partial charge in [0, 0.05) is 19.3 Å². The second kappa shape index (κ2) is 6.09. The molecule has 1 heterocycles. The number of rotatable bonds is 6. The molecule has 0 unspecified atom stereocenters. The lowest BCUT2D eigenvalue weighted by atomic mass is 10.4. The van der Waals surface area contributed by atoms with E-state index in [1.54, 1.807) is 17.1 Å². The van der Waals surface area contributed by atoms with E-state index in [0.29, 0.717) is 13.0 Å². The Kier molecular flexibility index (Phi) is 4.63. The third-order valence-corrected chi connectivity index (χ3v) is 1.72. The number of nitrogens with one attached hydrogen (secondary N) is 1. The van der Waals surface area contributed by atoms with Crippen molar-refractivity contribution in [3.05, 3.63) is 12.4 Å². The lowest BCUT2D eigenvalue weighted by Gasteiger charge is -2.03. The highest BCUT2D eigenvalue weighted by Gasteiger charge is 1.98. The first-order chi connectivity index (χ1) is 6.83. The molecule has 0 bridgehead atoms. The molecule has 0 saturated heterocycles. The van der Waals surface area contributed by atoms with Crippen LogP contribution in [-0.2, 0) is 16.1 Å². The molecule has 0 radical (unpaired) electrons. The van der Waals surface area contributed by atoms with E-state index in [2.05, 4.69) is 20.4 Å². The van der Waals surface area contributed by atoms with E-state index < -0.39 is 0 Å². The van der Waals surface area contributed by atoms with Crippen LogP contribution in [0, 0.1) is 0 Å². The van der Waals surface area contributed by atoms with Crippen LogP contribution >= 0.6 is 0 Å². The Labute approximate surface area is 82.2 Å². The fourth-order valence-corrected chi connectivity index (χ4v) is 0.963. The van der Waals surface area contributed by atoms with E-state index >= 15 is 0 Å². The van der Waals surface area contributed by atoms with Gasteiger partial charge in [-0.05, 0) is 0 Å². The molecular formula is C8H14N4O2. The van der Waals surface area contributed by atoms with Gasteiger partial charge in [-0.3, -0.25) is 9.48 Å². The third kappa shape index (κ3) is 3.99. The van der Waals surface area contributed by atoms with E-state index in [4.69, 9.17) is 0 Å². The Morgan fingerprint density at radius 1 is 1.57 bits per heavy atom. The predicted molar refractivity (Wildman–Crippen MR) is 49.5 cm³/mol. The fourth-order valence-electron chi connectivity index (χ4n) is 0.963. The molecule has 0 atom stereocenters. The maximum atomic E-state index is 10.7. The summed E-state index contributed by atoms with van der Waals surface area (Å²) in [5.41, 5.74) is 0. The number of methoxy groups -OCH3 is 1. The van der Waals surface area contributed by atoms with Crippen LogP contribution in [0.15, 0.2) is 12.4 Å². The van der Waals surface area contributed by atoms with Gasteiger partial charge in [-0.1, -0.05) is 5.21 Å². The van der Waals surface area contributed by atoms with E-state index in [1.165, 1.54) is 7.11 Å². The van der Waals surface area contributed by atoms with Gasteiger partial charge in [0.2, 0.25) is 0 Å². The van der Waals surface area contributed by atoms with Gasteiger partial charge >= 0.3 is 5.97 Å². The zero-order valence-electron chi connectivity index (χ0n) is 8.14. The molecule has 0 aliphatic heterocycles. The molecule has 0 saturated carbocycles. The summed E-state index contributed by atoms with van der Waals surface area (Å²) in [5, 5.41) is 10.6. The molecule has 6 heteroatoms. The highest BCUT2D eigenvalue weighted by molar-refractivity contribution is 5.69. The quantitative estimate of drug-likeness (QED) is 0.489. The predicted octanol–water partition coefficient (Wildman–Crippen LogP) is -0.569. The number of carbonyl (C=O) groups excluding carboxylic acids is 1. The van der Waals surface area contributed by atoms with Crippen LogP contribution in [0.2, 0.25) is 0 Å². The Morgan fingerprint density at radius 3 is 3.07 bits per heavy atom. The molecular weight excluding hydrogens is 184 g/mol. The second-order valence-corrected chi connectivity index (χ2v) is 2.74. The number of carbonyl (C=O) groups is 1. The highest BCUT2D eigenvalue weighted by Crippen LogP contribution is 1.82. The van der Waals surface area contributed by atoms with Crippen molar-refractivity contribution < 1.29 is 9.53 Å². The Morgan fingerprint density at radius 2 is 2.43 bits per heavy atom. The van der Waals surface area contributed by atoms with Gasteiger partial charge in [0.1, 0.15) is 0 Å². The van der Waals surface area contributed by atoms with Crippen molar-refractivity contribution in [1.82, 2.24) is 20.3 Å². The number of hydrogen-bond acceptors (Lipinski definition) is 5. The van der Waals surface area contributed by atoms with Crippen LogP contribution in [0.25, 0.3) is 0 Å². The Bertz CT molecular complexity index is 260. The van der Waals surface area contributed by atoms with Gasteiger partial charge in [-0.25, -0.2) is 0 Å². The van der Waals surface area contributed by atoms with Gasteiger partial charge in [0.15, 0.2) is 0 Å². The summed E-state index contributed by atoms with van der Waals surface area (Å²) in [7, 11) is 1.39. The van der Waals surface area contributed by atoms with Crippen LogP contribution in [0.3, 0.4) is 0 Å². The van der Waals surface area contributed by atoms with Crippen LogP contribution in [0.1, 0.15) is 6.42 Å². The molecule has 0 amide bonds. The topological polar surface area (TPSA) is 69.0 Å². The third-order valence-electron chi connectivity index (χ3n) is 1.72. The summed E-state index contributed by atoms with van der Waals surface area (Å²) >= 11 is 0. The van der Waals surface area contributed by atoms with Crippen molar-refractivity contribution in [2.45, 2.75) is 13.0 Å². The Hall–Kier alpha value is -1.43. The standard InChI is InChI=1S/C8H14N4O2/c1-14-8(13)2-3-9-4-6-12-7-5-10-11-12/h5,7,9H,2-4,6H2,1H3. The van der Waals surface area contributed by atoms with Gasteiger partial charge in [-0.2, -0.15) is 0 Å². The van der Waals surface area contributed by atoms with E-state index in [9.17, 15) is 4.79 Å². The van der Waals surface area contributed by atoms with Crippen LogP contribution in [0.5, 0.6) is 0 Å².